The molecule has 2 fully saturated rings. The highest BCUT2D eigenvalue weighted by Crippen LogP contribution is 2.33. The second-order valence-corrected chi connectivity index (χ2v) is 9.02. The Balaban J connectivity index is 1.44. The summed E-state index contributed by atoms with van der Waals surface area (Å²) in [5.41, 5.74) is 1.36. The molecule has 10 nitrogen and oxygen atoms in total. The molecule has 4 amide bonds. The molecule has 0 radical (unpaired) electrons. The van der Waals surface area contributed by atoms with Gasteiger partial charge in [0.15, 0.2) is 5.82 Å². The summed E-state index contributed by atoms with van der Waals surface area (Å²) < 4.78 is 4.29. The van der Waals surface area contributed by atoms with E-state index in [0.29, 0.717) is 42.5 Å². The van der Waals surface area contributed by atoms with Crippen LogP contribution in [-0.2, 0) is 0 Å². The van der Waals surface area contributed by atoms with Gasteiger partial charge in [-0.15, -0.1) is 0 Å². The van der Waals surface area contributed by atoms with Gasteiger partial charge in [-0.1, -0.05) is 12.1 Å². The fourth-order valence-electron chi connectivity index (χ4n) is 3.82. The summed E-state index contributed by atoms with van der Waals surface area (Å²) in [5.74, 6) is 0.473. The second kappa shape index (κ2) is 9.11. The number of nitrogens with one attached hydrogen (secondary N) is 1. The van der Waals surface area contributed by atoms with E-state index in [0.717, 1.165) is 29.9 Å². The fourth-order valence-corrected chi connectivity index (χ4v) is 4.40. The molecule has 1 saturated heterocycles. The van der Waals surface area contributed by atoms with Gasteiger partial charge in [0.1, 0.15) is 0 Å². The Morgan fingerprint density at radius 1 is 1.06 bits per heavy atom. The highest BCUT2D eigenvalue weighted by Gasteiger charge is 2.39. The molecular formula is C21H26N6O4S. The van der Waals surface area contributed by atoms with Crippen molar-refractivity contribution in [2.45, 2.75) is 37.8 Å². The van der Waals surface area contributed by atoms with Crippen molar-refractivity contribution in [3.8, 4) is 11.4 Å². The van der Waals surface area contributed by atoms with Crippen molar-refractivity contribution in [1.82, 2.24) is 24.1 Å². The van der Waals surface area contributed by atoms with Crippen molar-refractivity contribution < 1.29 is 19.5 Å². The molecule has 1 aromatic carbocycles. The van der Waals surface area contributed by atoms with Crippen molar-refractivity contribution >= 4 is 34.7 Å². The molecule has 32 heavy (non-hydrogen) atoms. The first-order valence-corrected chi connectivity index (χ1v) is 11.3. The van der Waals surface area contributed by atoms with Crippen LogP contribution in [0.3, 0.4) is 0 Å². The summed E-state index contributed by atoms with van der Waals surface area (Å²) >= 11 is 1.10. The van der Waals surface area contributed by atoms with Crippen molar-refractivity contribution in [3.05, 3.63) is 29.8 Å². The Morgan fingerprint density at radius 2 is 1.69 bits per heavy atom. The summed E-state index contributed by atoms with van der Waals surface area (Å²) in [6, 6.07) is 7.20. The average molecular weight is 459 g/mol. The third kappa shape index (κ3) is 4.82. The van der Waals surface area contributed by atoms with E-state index in [2.05, 4.69) is 14.7 Å². The van der Waals surface area contributed by atoms with E-state index in [-0.39, 0.29) is 24.0 Å². The van der Waals surface area contributed by atoms with Gasteiger partial charge in [-0.05, 0) is 37.8 Å². The number of benzene rings is 1. The number of anilines is 1. The molecule has 0 unspecified atom stereocenters. The Morgan fingerprint density at radius 3 is 2.25 bits per heavy atom. The maximum Gasteiger partial charge on any atom is 0.407 e. The lowest BCUT2D eigenvalue weighted by atomic mass is 10.0. The third-order valence-corrected chi connectivity index (χ3v) is 6.37. The van der Waals surface area contributed by atoms with Crippen LogP contribution in [0.2, 0.25) is 0 Å². The topological polar surface area (TPSA) is 119 Å². The lowest BCUT2D eigenvalue weighted by molar-refractivity contribution is 0.0551. The zero-order valence-corrected chi connectivity index (χ0v) is 18.8. The summed E-state index contributed by atoms with van der Waals surface area (Å²) in [4.78, 5) is 45.4. The number of urea groups is 1. The standard InChI is InChI=1S/C21H26N6O4S/c1-25(2)20(29)23-19-22-17(24-32-19)13-3-5-14(6-4-13)18(28)27(15-7-8-15)16-9-11-26(12-10-16)21(30)31/h3-6,15-16H,7-12H2,1-2H3,(H,30,31)(H,22,23,24,29). The van der Waals surface area contributed by atoms with Gasteiger partial charge in [-0.3, -0.25) is 10.1 Å². The average Bonchev–Trinajstić information content (AvgIpc) is 3.51. The SMILES string of the molecule is CN(C)C(=O)Nc1nc(-c2ccc(C(=O)N(C3CC3)C3CCN(C(=O)O)CC3)cc2)ns1. The predicted molar refractivity (Wildman–Crippen MR) is 120 cm³/mol. The Labute approximate surface area is 190 Å². The number of piperidine rings is 1. The number of hydrogen-bond donors (Lipinski definition) is 2. The van der Waals surface area contributed by atoms with Crippen molar-refractivity contribution in [1.29, 1.82) is 0 Å². The fraction of sp³-hybridized carbons (Fsp3) is 0.476. The molecule has 0 bridgehead atoms. The third-order valence-electron chi connectivity index (χ3n) is 5.74. The van der Waals surface area contributed by atoms with Gasteiger partial charge in [0.25, 0.3) is 5.91 Å². The number of carbonyl (C=O) groups is 3. The number of carbonyl (C=O) groups excluding carboxylic acids is 2. The van der Waals surface area contributed by atoms with Gasteiger partial charge >= 0.3 is 12.1 Å². The van der Waals surface area contributed by atoms with E-state index in [1.807, 2.05) is 17.0 Å². The number of nitrogens with zero attached hydrogens (tertiary/aromatic N) is 5. The van der Waals surface area contributed by atoms with Gasteiger partial charge in [0, 0.05) is 61.9 Å². The van der Waals surface area contributed by atoms with E-state index < -0.39 is 6.09 Å². The summed E-state index contributed by atoms with van der Waals surface area (Å²) in [5, 5.41) is 12.3. The summed E-state index contributed by atoms with van der Waals surface area (Å²) in [6.07, 6.45) is 2.41. The molecule has 11 heteroatoms. The van der Waals surface area contributed by atoms with E-state index in [4.69, 9.17) is 0 Å². The monoisotopic (exact) mass is 458 g/mol. The second-order valence-electron chi connectivity index (χ2n) is 8.27. The summed E-state index contributed by atoms with van der Waals surface area (Å²) in [6.45, 7) is 0.912. The smallest absolute Gasteiger partial charge is 0.407 e. The minimum absolute atomic E-state index is 0.0157. The normalized spacial score (nSPS) is 16.5. The maximum absolute atomic E-state index is 13.3. The van der Waals surface area contributed by atoms with Gasteiger partial charge in [-0.2, -0.15) is 9.36 Å². The molecule has 1 aliphatic heterocycles. The highest BCUT2D eigenvalue weighted by atomic mass is 32.1. The van der Waals surface area contributed by atoms with Crippen LogP contribution in [0.25, 0.3) is 11.4 Å². The minimum atomic E-state index is -0.900. The van der Waals surface area contributed by atoms with Gasteiger partial charge in [-0.25, -0.2) is 9.59 Å². The largest absolute Gasteiger partial charge is 0.465 e. The first-order valence-electron chi connectivity index (χ1n) is 10.6. The van der Waals surface area contributed by atoms with E-state index in [1.54, 1.807) is 26.2 Å². The number of likely N-dealkylation sites (tertiary alicyclic amines) is 1. The predicted octanol–water partition coefficient (Wildman–Crippen LogP) is 3.05. The van der Waals surface area contributed by atoms with Gasteiger partial charge < -0.3 is 19.8 Å². The lowest BCUT2D eigenvalue weighted by Crippen LogP contribution is -2.49. The van der Waals surface area contributed by atoms with Crippen molar-refractivity contribution in [2.24, 2.45) is 0 Å². The molecule has 1 aliphatic carbocycles. The van der Waals surface area contributed by atoms with Crippen LogP contribution in [0.15, 0.2) is 24.3 Å². The van der Waals surface area contributed by atoms with Gasteiger partial charge in [0.2, 0.25) is 5.13 Å². The number of amides is 4. The molecule has 0 atom stereocenters. The zero-order chi connectivity index (χ0) is 22.8. The van der Waals surface area contributed by atoms with Crippen LogP contribution in [0, 0.1) is 0 Å². The molecule has 2 aromatic rings. The number of aromatic nitrogens is 2. The Hall–Kier alpha value is -3.21. The molecule has 2 aliphatic rings. The first-order chi connectivity index (χ1) is 15.3. The summed E-state index contributed by atoms with van der Waals surface area (Å²) in [7, 11) is 3.29. The van der Waals surface area contributed by atoms with Crippen LogP contribution < -0.4 is 5.32 Å². The minimum Gasteiger partial charge on any atom is -0.465 e. The molecular weight excluding hydrogens is 432 g/mol. The molecule has 170 valence electrons. The number of hydrogen-bond acceptors (Lipinski definition) is 6. The van der Waals surface area contributed by atoms with Gasteiger partial charge in [0.05, 0.1) is 0 Å². The van der Waals surface area contributed by atoms with Crippen LogP contribution in [0.5, 0.6) is 0 Å². The Bertz CT molecular complexity index is 996. The Kier molecular flexibility index (Phi) is 6.26. The molecule has 2 N–H and O–H groups in total. The zero-order valence-electron chi connectivity index (χ0n) is 18.0. The molecule has 0 spiro atoms. The van der Waals surface area contributed by atoms with Crippen LogP contribution in [-0.4, -0.2) is 86.5 Å². The molecule has 2 heterocycles. The number of rotatable bonds is 5. The quantitative estimate of drug-likeness (QED) is 0.711. The van der Waals surface area contributed by atoms with Crippen LogP contribution in [0.1, 0.15) is 36.0 Å². The lowest BCUT2D eigenvalue weighted by Gasteiger charge is -2.38. The van der Waals surface area contributed by atoms with Crippen LogP contribution in [0.4, 0.5) is 14.7 Å². The van der Waals surface area contributed by atoms with Crippen molar-refractivity contribution in [3.63, 3.8) is 0 Å². The number of carboxylic acid groups (broad SMARTS) is 1. The molecule has 4 rings (SSSR count). The van der Waals surface area contributed by atoms with E-state index >= 15 is 0 Å². The molecule has 1 aromatic heterocycles. The van der Waals surface area contributed by atoms with Crippen LogP contribution >= 0.6 is 11.5 Å². The molecule has 1 saturated carbocycles. The first kappa shape index (κ1) is 22.0. The van der Waals surface area contributed by atoms with Crippen molar-refractivity contribution in [2.75, 3.05) is 32.5 Å². The van der Waals surface area contributed by atoms with E-state index in [1.165, 1.54) is 9.80 Å². The maximum atomic E-state index is 13.3. The van der Waals surface area contributed by atoms with E-state index in [9.17, 15) is 19.5 Å². The highest BCUT2D eigenvalue weighted by molar-refractivity contribution is 7.10.